The van der Waals surface area contributed by atoms with E-state index in [1.165, 1.54) is 11.1 Å². The quantitative estimate of drug-likeness (QED) is 0.786. The van der Waals surface area contributed by atoms with Crippen molar-refractivity contribution < 1.29 is 9.53 Å². The molecule has 2 aromatic carbocycles. The Morgan fingerprint density at radius 2 is 1.67 bits per heavy atom. The van der Waals surface area contributed by atoms with Gasteiger partial charge in [0.05, 0.1) is 6.10 Å². The van der Waals surface area contributed by atoms with Crippen molar-refractivity contribution >= 4 is 17.3 Å². The van der Waals surface area contributed by atoms with Crippen molar-refractivity contribution in [2.45, 2.75) is 40.2 Å². The summed E-state index contributed by atoms with van der Waals surface area (Å²) in [6, 6.07) is 13.7. The first-order valence-corrected chi connectivity index (χ1v) is 8.32. The number of nitrogens with one attached hydrogen (secondary N) is 2. The molecule has 2 rings (SSSR count). The topological polar surface area (TPSA) is 50.4 Å². The Balaban J connectivity index is 1.76. The third-order valence-electron chi connectivity index (χ3n) is 3.70. The van der Waals surface area contributed by atoms with Gasteiger partial charge in [-0.3, -0.25) is 4.79 Å². The summed E-state index contributed by atoms with van der Waals surface area (Å²) in [6.07, 6.45) is 0.579. The molecule has 0 aliphatic rings. The molecule has 1 amide bonds. The van der Waals surface area contributed by atoms with Gasteiger partial charge in [0.1, 0.15) is 5.75 Å². The summed E-state index contributed by atoms with van der Waals surface area (Å²) in [7, 11) is 0. The molecule has 4 nitrogen and oxygen atoms in total. The van der Waals surface area contributed by atoms with Gasteiger partial charge < -0.3 is 15.4 Å². The highest BCUT2D eigenvalue weighted by atomic mass is 16.5. The zero-order valence-corrected chi connectivity index (χ0v) is 14.8. The Hall–Kier alpha value is -2.49. The second kappa shape index (κ2) is 8.39. The van der Waals surface area contributed by atoms with Crippen LogP contribution in [0, 0.1) is 13.8 Å². The van der Waals surface area contributed by atoms with Gasteiger partial charge in [0.15, 0.2) is 0 Å². The molecule has 0 fully saturated rings. The number of aryl methyl sites for hydroxylation is 2. The fourth-order valence-corrected chi connectivity index (χ4v) is 2.29. The molecular formula is C20H26N2O2. The summed E-state index contributed by atoms with van der Waals surface area (Å²) in [5.41, 5.74) is 4.22. The van der Waals surface area contributed by atoms with Crippen molar-refractivity contribution in [1.82, 2.24) is 0 Å². The van der Waals surface area contributed by atoms with Gasteiger partial charge in [0.25, 0.3) is 0 Å². The molecule has 4 heteroatoms. The third-order valence-corrected chi connectivity index (χ3v) is 3.70. The fourth-order valence-electron chi connectivity index (χ4n) is 2.29. The van der Waals surface area contributed by atoms with Gasteiger partial charge in [-0.2, -0.15) is 0 Å². The number of carbonyl (C=O) groups is 1. The van der Waals surface area contributed by atoms with Crippen LogP contribution in [0.2, 0.25) is 0 Å². The molecule has 0 aliphatic heterocycles. The van der Waals surface area contributed by atoms with Gasteiger partial charge in [0, 0.05) is 24.3 Å². The lowest BCUT2D eigenvalue weighted by molar-refractivity contribution is -0.115. The molecule has 0 bridgehead atoms. The first-order chi connectivity index (χ1) is 11.4. The van der Waals surface area contributed by atoms with Crippen LogP contribution in [-0.4, -0.2) is 18.6 Å². The van der Waals surface area contributed by atoms with Gasteiger partial charge in [-0.1, -0.05) is 6.07 Å². The van der Waals surface area contributed by atoms with Gasteiger partial charge in [0.2, 0.25) is 5.91 Å². The Morgan fingerprint density at radius 1 is 1.00 bits per heavy atom. The lowest BCUT2D eigenvalue weighted by Gasteiger charge is -2.11. The van der Waals surface area contributed by atoms with Gasteiger partial charge in [-0.15, -0.1) is 0 Å². The normalized spacial score (nSPS) is 10.5. The number of benzene rings is 2. The highest BCUT2D eigenvalue weighted by Crippen LogP contribution is 2.17. The predicted octanol–water partition coefficient (Wildman–Crippen LogP) is 4.53. The van der Waals surface area contributed by atoms with E-state index in [0.717, 1.165) is 17.1 Å². The van der Waals surface area contributed by atoms with Gasteiger partial charge in [-0.25, -0.2) is 0 Å². The molecule has 0 unspecified atom stereocenters. The minimum Gasteiger partial charge on any atom is -0.491 e. The number of rotatable bonds is 7. The van der Waals surface area contributed by atoms with Crippen LogP contribution in [0.15, 0.2) is 42.5 Å². The summed E-state index contributed by atoms with van der Waals surface area (Å²) in [4.78, 5) is 12.0. The monoisotopic (exact) mass is 326 g/mol. The standard InChI is InChI=1S/C20H26N2O2/c1-14(2)24-19-9-7-17(8-10-19)21-12-11-20(23)22-18-6-5-15(3)16(4)13-18/h5-10,13-14,21H,11-12H2,1-4H3,(H,22,23). The molecule has 0 atom stereocenters. The zero-order valence-electron chi connectivity index (χ0n) is 14.8. The maximum absolute atomic E-state index is 12.0. The van der Waals surface area contributed by atoms with Crippen molar-refractivity contribution in [3.05, 3.63) is 53.6 Å². The number of anilines is 2. The number of hydrogen-bond acceptors (Lipinski definition) is 3. The van der Waals surface area contributed by atoms with E-state index in [1.54, 1.807) is 0 Å². The molecule has 2 aromatic rings. The molecule has 0 spiro atoms. The van der Waals surface area contributed by atoms with Crippen molar-refractivity contribution in [2.24, 2.45) is 0 Å². The Kier molecular flexibility index (Phi) is 6.24. The second-order valence-corrected chi connectivity index (χ2v) is 6.21. The van der Waals surface area contributed by atoms with Crippen molar-refractivity contribution in [3.63, 3.8) is 0 Å². The van der Waals surface area contributed by atoms with Crippen LogP contribution >= 0.6 is 0 Å². The molecular weight excluding hydrogens is 300 g/mol. The van der Waals surface area contributed by atoms with Crippen molar-refractivity contribution in [2.75, 3.05) is 17.2 Å². The van der Waals surface area contributed by atoms with Crippen LogP contribution in [0.5, 0.6) is 5.75 Å². The number of carbonyl (C=O) groups excluding carboxylic acids is 1. The Morgan fingerprint density at radius 3 is 2.29 bits per heavy atom. The van der Waals surface area contributed by atoms with E-state index in [4.69, 9.17) is 4.74 Å². The molecule has 2 N–H and O–H groups in total. The lowest BCUT2D eigenvalue weighted by atomic mass is 10.1. The molecule has 0 radical (unpaired) electrons. The maximum Gasteiger partial charge on any atom is 0.226 e. The average molecular weight is 326 g/mol. The smallest absolute Gasteiger partial charge is 0.226 e. The maximum atomic E-state index is 12.0. The van der Waals surface area contributed by atoms with E-state index < -0.39 is 0 Å². The molecule has 0 heterocycles. The number of amides is 1. The Bertz CT molecular complexity index is 679. The van der Waals surface area contributed by atoms with Gasteiger partial charge >= 0.3 is 0 Å². The van der Waals surface area contributed by atoms with Crippen LogP contribution in [-0.2, 0) is 4.79 Å². The molecule has 0 aliphatic carbocycles. The molecule has 0 saturated carbocycles. The zero-order chi connectivity index (χ0) is 17.5. The number of hydrogen-bond donors (Lipinski definition) is 2. The van der Waals surface area contributed by atoms with E-state index in [-0.39, 0.29) is 12.0 Å². The number of ether oxygens (including phenoxy) is 1. The molecule has 0 aromatic heterocycles. The lowest BCUT2D eigenvalue weighted by Crippen LogP contribution is -2.16. The van der Waals surface area contributed by atoms with Crippen LogP contribution in [0.3, 0.4) is 0 Å². The highest BCUT2D eigenvalue weighted by Gasteiger charge is 2.04. The van der Waals surface area contributed by atoms with Crippen LogP contribution in [0.1, 0.15) is 31.4 Å². The van der Waals surface area contributed by atoms with E-state index in [2.05, 4.69) is 17.6 Å². The summed E-state index contributed by atoms with van der Waals surface area (Å²) in [5, 5.41) is 6.17. The fraction of sp³-hybridized carbons (Fsp3) is 0.350. The first kappa shape index (κ1) is 17.9. The summed E-state index contributed by atoms with van der Waals surface area (Å²) in [6.45, 7) is 8.68. The predicted molar refractivity (Wildman–Crippen MR) is 99.9 cm³/mol. The SMILES string of the molecule is Cc1ccc(NC(=O)CCNc2ccc(OC(C)C)cc2)cc1C. The largest absolute Gasteiger partial charge is 0.491 e. The average Bonchev–Trinajstić information content (AvgIpc) is 2.52. The first-order valence-electron chi connectivity index (χ1n) is 8.32. The second-order valence-electron chi connectivity index (χ2n) is 6.21. The minimum atomic E-state index is 0.00511. The summed E-state index contributed by atoms with van der Waals surface area (Å²) < 4.78 is 5.60. The van der Waals surface area contributed by atoms with Crippen molar-refractivity contribution in [1.29, 1.82) is 0 Å². The third kappa shape index (κ3) is 5.61. The summed E-state index contributed by atoms with van der Waals surface area (Å²) >= 11 is 0. The van der Waals surface area contributed by atoms with Crippen molar-refractivity contribution in [3.8, 4) is 5.75 Å². The van der Waals surface area contributed by atoms with E-state index in [1.807, 2.05) is 63.2 Å². The van der Waals surface area contributed by atoms with Crippen LogP contribution in [0.25, 0.3) is 0 Å². The van der Waals surface area contributed by atoms with Crippen LogP contribution in [0.4, 0.5) is 11.4 Å². The van der Waals surface area contributed by atoms with Gasteiger partial charge in [-0.05, 0) is 75.2 Å². The summed E-state index contributed by atoms with van der Waals surface area (Å²) in [5.74, 6) is 0.855. The van der Waals surface area contributed by atoms with Crippen LogP contribution < -0.4 is 15.4 Å². The molecule has 128 valence electrons. The van der Waals surface area contributed by atoms with E-state index >= 15 is 0 Å². The Labute approximate surface area is 144 Å². The molecule has 0 saturated heterocycles. The molecule has 24 heavy (non-hydrogen) atoms. The van der Waals surface area contributed by atoms with E-state index in [9.17, 15) is 4.79 Å². The highest BCUT2D eigenvalue weighted by molar-refractivity contribution is 5.91. The van der Waals surface area contributed by atoms with E-state index in [0.29, 0.717) is 13.0 Å². The minimum absolute atomic E-state index is 0.00511.